The summed E-state index contributed by atoms with van der Waals surface area (Å²) in [5.41, 5.74) is 2.81. The van der Waals surface area contributed by atoms with Crippen molar-refractivity contribution < 1.29 is 14.3 Å². The third-order valence-electron chi connectivity index (χ3n) is 4.89. The largest absolute Gasteiger partial charge is 0.497 e. The van der Waals surface area contributed by atoms with Crippen molar-refractivity contribution in [2.75, 3.05) is 7.11 Å². The molecule has 0 spiro atoms. The third-order valence-corrected chi connectivity index (χ3v) is 4.89. The Hall–Kier alpha value is -3.93. The Labute approximate surface area is 174 Å². The highest BCUT2D eigenvalue weighted by Gasteiger charge is 2.16. The van der Waals surface area contributed by atoms with Crippen LogP contribution in [0.25, 0.3) is 11.0 Å². The number of aromatic nitrogens is 2. The summed E-state index contributed by atoms with van der Waals surface area (Å²) < 4.78 is 6.98. The molecule has 3 aromatic carbocycles. The number of benzene rings is 3. The summed E-state index contributed by atoms with van der Waals surface area (Å²) >= 11 is 0. The zero-order valence-corrected chi connectivity index (χ0v) is 16.5. The Bertz CT molecular complexity index is 1180. The number of methoxy groups -OCH3 is 1. The molecule has 0 unspecified atom stereocenters. The lowest BCUT2D eigenvalue weighted by molar-refractivity contribution is 0.0949. The fourth-order valence-electron chi connectivity index (χ4n) is 3.30. The monoisotopic (exact) mass is 399 g/mol. The fraction of sp³-hybridized carbons (Fsp3) is 0.125. The van der Waals surface area contributed by atoms with E-state index >= 15 is 0 Å². The molecule has 0 radical (unpaired) electrons. The molecule has 0 saturated carbocycles. The molecule has 4 aromatic rings. The van der Waals surface area contributed by atoms with Gasteiger partial charge < -0.3 is 14.6 Å². The Morgan fingerprint density at radius 3 is 2.33 bits per heavy atom. The van der Waals surface area contributed by atoms with Crippen LogP contribution in [0.5, 0.6) is 5.75 Å². The van der Waals surface area contributed by atoms with E-state index in [1.807, 2.05) is 47.0 Å². The van der Waals surface area contributed by atoms with Crippen LogP contribution >= 0.6 is 0 Å². The molecule has 0 fully saturated rings. The predicted octanol–water partition coefficient (Wildman–Crippen LogP) is 3.86. The van der Waals surface area contributed by atoms with E-state index in [0.717, 1.165) is 11.0 Å². The van der Waals surface area contributed by atoms with E-state index in [9.17, 15) is 9.59 Å². The standard InChI is InChI=1S/C24H21N3O3/c1-30-19-13-11-18(12-14-19)24(29)25-15-23-26-20-9-5-6-10-21(20)27(23)16-22(28)17-7-3-2-4-8-17/h2-14H,15-16H2,1H3,(H,25,29). The van der Waals surface area contributed by atoms with E-state index in [0.29, 0.717) is 22.7 Å². The van der Waals surface area contributed by atoms with Crippen molar-refractivity contribution in [3.63, 3.8) is 0 Å². The Balaban J connectivity index is 1.56. The maximum absolute atomic E-state index is 12.8. The molecule has 0 bridgehead atoms. The van der Waals surface area contributed by atoms with Crippen LogP contribution in [0.15, 0.2) is 78.9 Å². The number of para-hydroxylation sites is 2. The lowest BCUT2D eigenvalue weighted by Gasteiger charge is -2.10. The van der Waals surface area contributed by atoms with Gasteiger partial charge in [0.2, 0.25) is 0 Å². The number of hydrogen-bond acceptors (Lipinski definition) is 4. The van der Waals surface area contributed by atoms with E-state index in [-0.39, 0.29) is 24.8 Å². The van der Waals surface area contributed by atoms with Gasteiger partial charge in [0.1, 0.15) is 11.6 Å². The molecule has 1 aromatic heterocycles. The molecule has 150 valence electrons. The van der Waals surface area contributed by atoms with E-state index in [1.54, 1.807) is 43.5 Å². The van der Waals surface area contributed by atoms with Gasteiger partial charge in [0.15, 0.2) is 5.78 Å². The summed E-state index contributed by atoms with van der Waals surface area (Å²) in [6.45, 7) is 0.361. The van der Waals surface area contributed by atoms with Crippen LogP contribution in [0.2, 0.25) is 0 Å². The number of ketones is 1. The molecule has 30 heavy (non-hydrogen) atoms. The second-order valence-corrected chi connectivity index (χ2v) is 6.80. The highest BCUT2D eigenvalue weighted by molar-refractivity contribution is 5.97. The molecule has 0 aliphatic heterocycles. The van der Waals surface area contributed by atoms with E-state index < -0.39 is 0 Å². The van der Waals surface area contributed by atoms with Gasteiger partial charge >= 0.3 is 0 Å². The minimum atomic E-state index is -0.217. The Kier molecular flexibility index (Phi) is 5.57. The molecule has 0 aliphatic rings. The van der Waals surface area contributed by atoms with Crippen LogP contribution < -0.4 is 10.1 Å². The summed E-state index contributed by atoms with van der Waals surface area (Å²) in [6, 6.07) is 23.7. The van der Waals surface area contributed by atoms with Crippen molar-refractivity contribution in [1.82, 2.24) is 14.9 Å². The Morgan fingerprint density at radius 1 is 0.900 bits per heavy atom. The average molecular weight is 399 g/mol. The van der Waals surface area contributed by atoms with Crippen LogP contribution in [0.4, 0.5) is 0 Å². The van der Waals surface area contributed by atoms with Crippen molar-refractivity contribution >= 4 is 22.7 Å². The number of rotatable bonds is 7. The van der Waals surface area contributed by atoms with Crippen LogP contribution in [-0.4, -0.2) is 28.4 Å². The SMILES string of the molecule is COc1ccc(C(=O)NCc2nc3ccccc3n2CC(=O)c2ccccc2)cc1. The molecule has 1 amide bonds. The number of Topliss-reactive ketones (excluding diaryl/α,β-unsaturated/α-hetero) is 1. The minimum absolute atomic E-state index is 0.0125. The van der Waals surface area contributed by atoms with Crippen molar-refractivity contribution in [3.8, 4) is 5.75 Å². The van der Waals surface area contributed by atoms with Crippen molar-refractivity contribution in [3.05, 3.63) is 95.8 Å². The van der Waals surface area contributed by atoms with Gasteiger partial charge in [0.25, 0.3) is 5.91 Å². The van der Waals surface area contributed by atoms with Crippen LogP contribution in [0.1, 0.15) is 26.5 Å². The summed E-state index contributed by atoms with van der Waals surface area (Å²) in [5, 5.41) is 2.89. The highest BCUT2D eigenvalue weighted by atomic mass is 16.5. The zero-order chi connectivity index (χ0) is 20.9. The molecule has 1 N–H and O–H groups in total. The summed E-state index contributed by atoms with van der Waals surface area (Å²) in [5.74, 6) is 1.09. The summed E-state index contributed by atoms with van der Waals surface area (Å²) in [4.78, 5) is 29.9. The van der Waals surface area contributed by atoms with Gasteiger partial charge in [-0.25, -0.2) is 4.98 Å². The quantitative estimate of drug-likeness (QED) is 0.479. The maximum Gasteiger partial charge on any atom is 0.251 e. The number of nitrogens with zero attached hydrogens (tertiary/aromatic N) is 2. The first-order valence-corrected chi connectivity index (χ1v) is 9.60. The molecule has 1 heterocycles. The van der Waals surface area contributed by atoms with Gasteiger partial charge in [0.05, 0.1) is 31.2 Å². The van der Waals surface area contributed by atoms with Crippen molar-refractivity contribution in [2.45, 2.75) is 13.1 Å². The predicted molar refractivity (Wildman–Crippen MR) is 115 cm³/mol. The number of nitrogens with one attached hydrogen (secondary N) is 1. The topological polar surface area (TPSA) is 73.2 Å². The number of carbonyl (C=O) groups is 2. The number of carbonyl (C=O) groups excluding carboxylic acids is 2. The second-order valence-electron chi connectivity index (χ2n) is 6.80. The molecule has 0 aliphatic carbocycles. The minimum Gasteiger partial charge on any atom is -0.497 e. The van der Waals surface area contributed by atoms with Crippen molar-refractivity contribution in [2.24, 2.45) is 0 Å². The second kappa shape index (κ2) is 8.61. The molecular weight excluding hydrogens is 378 g/mol. The van der Waals surface area contributed by atoms with Gasteiger partial charge in [-0.1, -0.05) is 42.5 Å². The van der Waals surface area contributed by atoms with E-state index in [2.05, 4.69) is 10.3 Å². The average Bonchev–Trinajstić information content (AvgIpc) is 3.15. The highest BCUT2D eigenvalue weighted by Crippen LogP contribution is 2.18. The number of fused-ring (bicyclic) bond motifs is 1. The fourth-order valence-corrected chi connectivity index (χ4v) is 3.30. The van der Waals surface area contributed by atoms with E-state index in [1.165, 1.54) is 0 Å². The lowest BCUT2D eigenvalue weighted by Crippen LogP contribution is -2.25. The normalized spacial score (nSPS) is 10.7. The summed E-state index contributed by atoms with van der Waals surface area (Å²) in [6.07, 6.45) is 0. The van der Waals surface area contributed by atoms with E-state index in [4.69, 9.17) is 4.74 Å². The van der Waals surface area contributed by atoms with Gasteiger partial charge in [-0.15, -0.1) is 0 Å². The molecular formula is C24H21N3O3. The third kappa shape index (κ3) is 4.07. The van der Waals surface area contributed by atoms with Crippen LogP contribution in [-0.2, 0) is 13.1 Å². The number of amides is 1. The van der Waals surface area contributed by atoms with Gasteiger partial charge in [0, 0.05) is 11.1 Å². The maximum atomic E-state index is 12.8. The van der Waals surface area contributed by atoms with Crippen LogP contribution in [0.3, 0.4) is 0 Å². The first-order valence-electron chi connectivity index (χ1n) is 9.60. The number of ether oxygens (including phenoxy) is 1. The molecule has 6 heteroatoms. The number of imidazole rings is 1. The molecule has 6 nitrogen and oxygen atoms in total. The molecule has 0 atom stereocenters. The first-order chi connectivity index (χ1) is 14.7. The van der Waals surface area contributed by atoms with Crippen LogP contribution in [0, 0.1) is 0 Å². The number of hydrogen-bond donors (Lipinski definition) is 1. The molecule has 4 rings (SSSR count). The lowest BCUT2D eigenvalue weighted by atomic mass is 10.1. The Morgan fingerprint density at radius 2 is 1.60 bits per heavy atom. The zero-order valence-electron chi connectivity index (χ0n) is 16.5. The van der Waals surface area contributed by atoms with Gasteiger partial charge in [-0.05, 0) is 36.4 Å². The first kappa shape index (κ1) is 19.4. The molecule has 0 saturated heterocycles. The van der Waals surface area contributed by atoms with Crippen molar-refractivity contribution in [1.29, 1.82) is 0 Å². The summed E-state index contributed by atoms with van der Waals surface area (Å²) in [7, 11) is 1.58. The van der Waals surface area contributed by atoms with Gasteiger partial charge in [-0.3, -0.25) is 9.59 Å². The smallest absolute Gasteiger partial charge is 0.251 e. The van der Waals surface area contributed by atoms with Gasteiger partial charge in [-0.2, -0.15) is 0 Å².